The minimum atomic E-state index is 0.635. The molecule has 4 nitrogen and oxygen atoms in total. The Morgan fingerprint density at radius 2 is 0.600 bits per heavy atom. The molecule has 0 aliphatic rings. The lowest BCUT2D eigenvalue weighted by Crippen LogP contribution is -2.12. The Kier molecular flexibility index (Phi) is 23.7. The molecule has 0 unspecified atom stereocenters. The molecule has 0 aliphatic heterocycles. The molecule has 0 bridgehead atoms. The van der Waals surface area contributed by atoms with Gasteiger partial charge in [0.15, 0.2) is 0 Å². The molecule has 0 atom stereocenters. The van der Waals surface area contributed by atoms with E-state index in [9.17, 15) is 0 Å². The molecule has 0 aromatic carbocycles. The largest absolute Gasteiger partial charge is 0.379 e. The van der Waals surface area contributed by atoms with Gasteiger partial charge in [-0.2, -0.15) is 0 Å². The summed E-state index contributed by atoms with van der Waals surface area (Å²) in [5.41, 5.74) is 0. The van der Waals surface area contributed by atoms with Crippen molar-refractivity contribution in [1.29, 1.82) is 0 Å². The van der Waals surface area contributed by atoms with E-state index in [0.29, 0.717) is 39.6 Å². The van der Waals surface area contributed by atoms with Crippen molar-refractivity contribution in [2.45, 2.75) is 84.5 Å². The zero-order valence-electron chi connectivity index (χ0n) is 17.1. The minimum absolute atomic E-state index is 0.635. The third-order valence-corrected chi connectivity index (χ3v) is 4.15. The molecule has 0 fully saturated rings. The van der Waals surface area contributed by atoms with E-state index in [-0.39, 0.29) is 0 Å². The van der Waals surface area contributed by atoms with Crippen LogP contribution in [0.1, 0.15) is 84.5 Å². The Hall–Kier alpha value is -0.160. The van der Waals surface area contributed by atoms with Crippen LogP contribution in [-0.4, -0.2) is 52.9 Å². The minimum Gasteiger partial charge on any atom is -0.379 e. The maximum Gasteiger partial charge on any atom is 0.0701 e. The molecule has 0 N–H and O–H groups in total. The molecule has 4 heteroatoms. The predicted molar refractivity (Wildman–Crippen MR) is 105 cm³/mol. The molecule has 0 saturated heterocycles. The molecule has 0 spiro atoms. The first kappa shape index (κ1) is 24.8. The molecular weight excluding hydrogens is 316 g/mol. The fourth-order valence-electron chi connectivity index (χ4n) is 2.55. The monoisotopic (exact) mass is 360 g/mol. The van der Waals surface area contributed by atoms with Gasteiger partial charge in [-0.15, -0.1) is 0 Å². The molecular formula is C21H44O4. The first-order valence-corrected chi connectivity index (χ1v) is 10.7. The van der Waals surface area contributed by atoms with E-state index in [1.807, 2.05) is 0 Å². The average Bonchev–Trinajstić information content (AvgIpc) is 2.63. The summed E-state index contributed by atoms with van der Waals surface area (Å²) in [5, 5.41) is 0. The molecule has 0 amide bonds. The lowest BCUT2D eigenvalue weighted by atomic mass is 10.1. The topological polar surface area (TPSA) is 36.9 Å². The van der Waals surface area contributed by atoms with Crippen molar-refractivity contribution in [3.05, 3.63) is 0 Å². The lowest BCUT2D eigenvalue weighted by molar-refractivity contribution is -0.00246. The Balaban J connectivity index is 2.94. The number of ether oxygens (including phenoxy) is 4. The molecule has 0 saturated carbocycles. The second-order valence-corrected chi connectivity index (χ2v) is 6.63. The predicted octanol–water partition coefficient (Wildman–Crippen LogP) is 5.38. The van der Waals surface area contributed by atoms with E-state index in [1.54, 1.807) is 0 Å². The highest BCUT2D eigenvalue weighted by Crippen LogP contribution is 2.08. The smallest absolute Gasteiger partial charge is 0.0701 e. The lowest BCUT2D eigenvalue weighted by Gasteiger charge is -2.07. The molecule has 0 heterocycles. The number of hydrogen-bond acceptors (Lipinski definition) is 4. The second-order valence-electron chi connectivity index (χ2n) is 6.63. The van der Waals surface area contributed by atoms with Crippen LogP contribution < -0.4 is 0 Å². The third-order valence-electron chi connectivity index (χ3n) is 4.15. The van der Waals surface area contributed by atoms with Crippen LogP contribution in [0.4, 0.5) is 0 Å². The average molecular weight is 361 g/mol. The van der Waals surface area contributed by atoms with Gasteiger partial charge in [-0.3, -0.25) is 0 Å². The van der Waals surface area contributed by atoms with Gasteiger partial charge < -0.3 is 18.9 Å². The van der Waals surface area contributed by atoms with Gasteiger partial charge in [0.2, 0.25) is 0 Å². The van der Waals surface area contributed by atoms with Crippen LogP contribution in [0, 0.1) is 0 Å². The quantitative estimate of drug-likeness (QED) is 0.243. The molecule has 0 aromatic heterocycles. The SMILES string of the molecule is CCCCCCCCCCOCCOCCOCCOCCCCC. The van der Waals surface area contributed by atoms with Crippen molar-refractivity contribution in [1.82, 2.24) is 0 Å². The maximum absolute atomic E-state index is 5.58. The van der Waals surface area contributed by atoms with Crippen LogP contribution in [0.5, 0.6) is 0 Å². The van der Waals surface area contributed by atoms with E-state index < -0.39 is 0 Å². The zero-order chi connectivity index (χ0) is 18.3. The Bertz CT molecular complexity index is 202. The van der Waals surface area contributed by atoms with Crippen molar-refractivity contribution in [3.63, 3.8) is 0 Å². The van der Waals surface area contributed by atoms with Gasteiger partial charge in [-0.1, -0.05) is 71.6 Å². The number of rotatable bonds is 22. The zero-order valence-corrected chi connectivity index (χ0v) is 17.1. The van der Waals surface area contributed by atoms with Gasteiger partial charge in [0.05, 0.1) is 39.6 Å². The van der Waals surface area contributed by atoms with Crippen LogP contribution in [0.25, 0.3) is 0 Å². The highest BCUT2D eigenvalue weighted by molar-refractivity contribution is 4.46. The summed E-state index contributed by atoms with van der Waals surface area (Å²) >= 11 is 0. The summed E-state index contributed by atoms with van der Waals surface area (Å²) < 4.78 is 22.0. The van der Waals surface area contributed by atoms with Gasteiger partial charge in [-0.05, 0) is 12.8 Å². The fraction of sp³-hybridized carbons (Fsp3) is 1.00. The second kappa shape index (κ2) is 23.8. The summed E-state index contributed by atoms with van der Waals surface area (Å²) in [7, 11) is 0. The van der Waals surface area contributed by atoms with Crippen LogP contribution >= 0.6 is 0 Å². The Labute approximate surface area is 156 Å². The highest BCUT2D eigenvalue weighted by atomic mass is 16.6. The van der Waals surface area contributed by atoms with Gasteiger partial charge in [0, 0.05) is 13.2 Å². The third kappa shape index (κ3) is 23.8. The highest BCUT2D eigenvalue weighted by Gasteiger charge is 1.94. The maximum atomic E-state index is 5.58. The molecule has 0 radical (unpaired) electrons. The summed E-state index contributed by atoms with van der Waals surface area (Å²) in [4.78, 5) is 0. The molecule has 152 valence electrons. The molecule has 0 rings (SSSR count). The van der Waals surface area contributed by atoms with Crippen molar-refractivity contribution in [3.8, 4) is 0 Å². The van der Waals surface area contributed by atoms with Gasteiger partial charge >= 0.3 is 0 Å². The van der Waals surface area contributed by atoms with Crippen LogP contribution in [0.2, 0.25) is 0 Å². The normalized spacial score (nSPS) is 11.3. The van der Waals surface area contributed by atoms with Crippen molar-refractivity contribution in [2.75, 3.05) is 52.9 Å². The van der Waals surface area contributed by atoms with Crippen molar-refractivity contribution < 1.29 is 18.9 Å². The van der Waals surface area contributed by atoms with E-state index >= 15 is 0 Å². The number of hydrogen-bond donors (Lipinski definition) is 0. The van der Waals surface area contributed by atoms with Gasteiger partial charge in [-0.25, -0.2) is 0 Å². The summed E-state index contributed by atoms with van der Waals surface area (Å²) in [6.45, 7) is 10.1. The van der Waals surface area contributed by atoms with E-state index in [4.69, 9.17) is 18.9 Å². The van der Waals surface area contributed by atoms with Crippen LogP contribution in [0.15, 0.2) is 0 Å². The van der Waals surface area contributed by atoms with Crippen LogP contribution in [-0.2, 0) is 18.9 Å². The summed E-state index contributed by atoms with van der Waals surface area (Å²) in [5.74, 6) is 0. The summed E-state index contributed by atoms with van der Waals surface area (Å²) in [6.07, 6.45) is 14.4. The van der Waals surface area contributed by atoms with Crippen molar-refractivity contribution in [2.24, 2.45) is 0 Å². The number of unbranched alkanes of at least 4 members (excludes halogenated alkanes) is 9. The van der Waals surface area contributed by atoms with Gasteiger partial charge in [0.1, 0.15) is 0 Å². The molecule has 25 heavy (non-hydrogen) atoms. The first-order valence-electron chi connectivity index (χ1n) is 10.7. The fourth-order valence-corrected chi connectivity index (χ4v) is 2.55. The first-order chi connectivity index (χ1) is 12.4. The van der Waals surface area contributed by atoms with Gasteiger partial charge in [0.25, 0.3) is 0 Å². The Morgan fingerprint density at radius 3 is 1.04 bits per heavy atom. The summed E-state index contributed by atoms with van der Waals surface area (Å²) in [6, 6.07) is 0. The van der Waals surface area contributed by atoms with E-state index in [1.165, 1.54) is 64.2 Å². The van der Waals surface area contributed by atoms with E-state index in [2.05, 4.69) is 13.8 Å². The molecule has 0 aromatic rings. The Morgan fingerprint density at radius 1 is 0.320 bits per heavy atom. The van der Waals surface area contributed by atoms with Crippen LogP contribution in [0.3, 0.4) is 0 Å². The standard InChI is InChI=1S/C21H44O4/c1-3-5-7-8-9-10-11-13-15-23-17-19-25-21-20-24-18-16-22-14-12-6-4-2/h3-21H2,1-2H3. The van der Waals surface area contributed by atoms with E-state index in [0.717, 1.165) is 19.6 Å². The molecule has 0 aliphatic carbocycles. The van der Waals surface area contributed by atoms with Crippen molar-refractivity contribution >= 4 is 0 Å².